The van der Waals surface area contributed by atoms with Gasteiger partial charge in [0.1, 0.15) is 11.6 Å². The van der Waals surface area contributed by atoms with Crippen molar-refractivity contribution in [2.24, 2.45) is 0 Å². The van der Waals surface area contributed by atoms with E-state index in [2.05, 4.69) is 4.98 Å². The Morgan fingerprint density at radius 3 is 2.68 bits per heavy atom. The van der Waals surface area contributed by atoms with Gasteiger partial charge in [0.2, 0.25) is 5.88 Å². The van der Waals surface area contributed by atoms with Crippen molar-refractivity contribution in [3.63, 3.8) is 0 Å². The Labute approximate surface area is 117 Å². The number of ether oxygens (including phenoxy) is 1. The van der Waals surface area contributed by atoms with Gasteiger partial charge in [-0.1, -0.05) is 6.92 Å². The van der Waals surface area contributed by atoms with E-state index in [1.165, 1.54) is 6.07 Å². The van der Waals surface area contributed by atoms with Gasteiger partial charge < -0.3 is 4.74 Å². The lowest BCUT2D eigenvalue weighted by Crippen LogP contribution is -1.95. The number of benzene rings is 1. The van der Waals surface area contributed by atoms with Crippen LogP contribution in [-0.4, -0.2) is 4.98 Å². The van der Waals surface area contributed by atoms with Gasteiger partial charge in [0, 0.05) is 17.6 Å². The summed E-state index contributed by atoms with van der Waals surface area (Å²) in [6, 6.07) is 8.37. The van der Waals surface area contributed by atoms with Gasteiger partial charge in [-0.05, 0) is 48.7 Å². The second-order valence-electron chi connectivity index (χ2n) is 4.31. The third kappa shape index (κ3) is 3.44. The van der Waals surface area contributed by atoms with E-state index in [-0.39, 0.29) is 5.82 Å². The minimum absolute atomic E-state index is 0.246. The zero-order chi connectivity index (χ0) is 13.8. The molecule has 0 fully saturated rings. The van der Waals surface area contributed by atoms with Crippen molar-refractivity contribution in [3.8, 4) is 11.6 Å². The summed E-state index contributed by atoms with van der Waals surface area (Å²) in [7, 11) is 0. The standard InChI is InChI=1S/C15H15ClFNO/c1-3-12-7-11(9-16)8-15(18-12)19-13-4-5-14(17)10(2)6-13/h4-8H,3,9H2,1-2H3. The summed E-state index contributed by atoms with van der Waals surface area (Å²) < 4.78 is 18.8. The van der Waals surface area contributed by atoms with Gasteiger partial charge in [0.05, 0.1) is 0 Å². The van der Waals surface area contributed by atoms with E-state index in [1.54, 1.807) is 25.1 Å². The van der Waals surface area contributed by atoms with Crippen molar-refractivity contribution < 1.29 is 9.13 Å². The third-order valence-corrected chi connectivity index (χ3v) is 3.09. The molecule has 2 nitrogen and oxygen atoms in total. The molecule has 0 aliphatic heterocycles. The molecule has 1 aromatic carbocycles. The molecule has 2 aromatic rings. The highest BCUT2D eigenvalue weighted by Crippen LogP contribution is 2.24. The average molecular weight is 280 g/mol. The van der Waals surface area contributed by atoms with Crippen molar-refractivity contribution in [1.82, 2.24) is 4.98 Å². The van der Waals surface area contributed by atoms with Crippen LogP contribution >= 0.6 is 11.6 Å². The molecule has 0 atom stereocenters. The van der Waals surface area contributed by atoms with E-state index in [9.17, 15) is 4.39 Å². The summed E-state index contributed by atoms with van der Waals surface area (Å²) in [4.78, 5) is 4.37. The molecular weight excluding hydrogens is 265 g/mol. The van der Waals surface area contributed by atoms with Crippen LogP contribution in [0.1, 0.15) is 23.7 Å². The maximum atomic E-state index is 13.2. The molecule has 19 heavy (non-hydrogen) atoms. The number of rotatable bonds is 4. The molecule has 100 valence electrons. The van der Waals surface area contributed by atoms with Crippen LogP contribution in [0.25, 0.3) is 0 Å². The average Bonchev–Trinajstić information content (AvgIpc) is 2.42. The minimum atomic E-state index is -0.246. The monoisotopic (exact) mass is 279 g/mol. The maximum Gasteiger partial charge on any atom is 0.219 e. The molecule has 0 N–H and O–H groups in total. The van der Waals surface area contributed by atoms with Crippen LogP contribution in [-0.2, 0) is 12.3 Å². The molecule has 0 radical (unpaired) electrons. The van der Waals surface area contributed by atoms with E-state index in [0.29, 0.717) is 23.1 Å². The summed E-state index contributed by atoms with van der Waals surface area (Å²) in [5.41, 5.74) is 2.43. The summed E-state index contributed by atoms with van der Waals surface area (Å²) in [6.07, 6.45) is 0.809. The number of hydrogen-bond acceptors (Lipinski definition) is 2. The van der Waals surface area contributed by atoms with Crippen LogP contribution in [0, 0.1) is 12.7 Å². The van der Waals surface area contributed by atoms with E-state index in [1.807, 2.05) is 13.0 Å². The Balaban J connectivity index is 2.29. The van der Waals surface area contributed by atoms with Gasteiger partial charge in [-0.3, -0.25) is 0 Å². The molecule has 1 aromatic heterocycles. The van der Waals surface area contributed by atoms with Crippen LogP contribution in [0.3, 0.4) is 0 Å². The molecule has 4 heteroatoms. The molecule has 0 amide bonds. The SMILES string of the molecule is CCc1cc(CCl)cc(Oc2ccc(F)c(C)c2)n1. The fourth-order valence-corrected chi connectivity index (χ4v) is 1.89. The molecule has 0 saturated carbocycles. The highest BCUT2D eigenvalue weighted by atomic mass is 35.5. The summed E-state index contributed by atoms with van der Waals surface area (Å²) >= 11 is 5.84. The quantitative estimate of drug-likeness (QED) is 0.762. The lowest BCUT2D eigenvalue weighted by atomic mass is 10.2. The first-order chi connectivity index (χ1) is 9.12. The highest BCUT2D eigenvalue weighted by Gasteiger charge is 2.05. The van der Waals surface area contributed by atoms with Crippen molar-refractivity contribution in [3.05, 3.63) is 53.0 Å². The van der Waals surface area contributed by atoms with E-state index < -0.39 is 0 Å². The molecule has 0 bridgehead atoms. The zero-order valence-electron chi connectivity index (χ0n) is 10.9. The second kappa shape index (κ2) is 6.02. The number of aryl methyl sites for hydroxylation is 2. The summed E-state index contributed by atoms with van der Waals surface area (Å²) in [5.74, 6) is 1.22. The Morgan fingerprint density at radius 1 is 1.26 bits per heavy atom. The first-order valence-electron chi connectivity index (χ1n) is 6.12. The normalized spacial score (nSPS) is 10.5. The van der Waals surface area contributed by atoms with E-state index in [4.69, 9.17) is 16.3 Å². The fourth-order valence-electron chi connectivity index (χ4n) is 1.73. The van der Waals surface area contributed by atoms with Crippen LogP contribution in [0.4, 0.5) is 4.39 Å². The third-order valence-electron chi connectivity index (χ3n) is 2.78. The number of aromatic nitrogens is 1. The van der Waals surface area contributed by atoms with Crippen LogP contribution in [0.5, 0.6) is 11.6 Å². The Hall–Kier alpha value is -1.61. The minimum Gasteiger partial charge on any atom is -0.439 e. The lowest BCUT2D eigenvalue weighted by molar-refractivity contribution is 0.458. The first-order valence-corrected chi connectivity index (χ1v) is 6.65. The Morgan fingerprint density at radius 2 is 2.05 bits per heavy atom. The van der Waals surface area contributed by atoms with Crippen molar-refractivity contribution in [2.45, 2.75) is 26.1 Å². The van der Waals surface area contributed by atoms with Gasteiger partial charge >= 0.3 is 0 Å². The predicted molar refractivity (Wildman–Crippen MR) is 74.4 cm³/mol. The van der Waals surface area contributed by atoms with Crippen LogP contribution in [0.15, 0.2) is 30.3 Å². The number of alkyl halides is 1. The number of nitrogens with zero attached hydrogens (tertiary/aromatic N) is 1. The Kier molecular flexibility index (Phi) is 4.38. The Bertz CT molecular complexity index is 564. The maximum absolute atomic E-state index is 13.2. The molecular formula is C15H15ClFNO. The van der Waals surface area contributed by atoms with Gasteiger partial charge in [-0.2, -0.15) is 0 Å². The van der Waals surface area contributed by atoms with Crippen molar-refractivity contribution in [1.29, 1.82) is 0 Å². The predicted octanol–water partition coefficient (Wildman–Crippen LogP) is 4.62. The van der Waals surface area contributed by atoms with Gasteiger partial charge in [0.25, 0.3) is 0 Å². The summed E-state index contributed by atoms with van der Waals surface area (Å²) in [5, 5.41) is 0. The first kappa shape index (κ1) is 13.8. The van der Waals surface area contributed by atoms with Crippen LogP contribution < -0.4 is 4.74 Å². The van der Waals surface area contributed by atoms with Crippen LogP contribution in [0.2, 0.25) is 0 Å². The lowest BCUT2D eigenvalue weighted by Gasteiger charge is -2.09. The molecule has 0 saturated heterocycles. The summed E-state index contributed by atoms with van der Waals surface area (Å²) in [6.45, 7) is 3.72. The largest absolute Gasteiger partial charge is 0.439 e. The molecule has 0 spiro atoms. The molecule has 0 aliphatic rings. The van der Waals surface area contributed by atoms with Gasteiger partial charge in [0.15, 0.2) is 0 Å². The molecule has 0 unspecified atom stereocenters. The number of hydrogen-bond donors (Lipinski definition) is 0. The second-order valence-corrected chi connectivity index (χ2v) is 4.57. The highest BCUT2D eigenvalue weighted by molar-refractivity contribution is 6.17. The van der Waals surface area contributed by atoms with Gasteiger partial charge in [-0.25, -0.2) is 9.37 Å². The molecule has 0 aliphatic carbocycles. The number of halogens is 2. The topological polar surface area (TPSA) is 22.1 Å². The zero-order valence-corrected chi connectivity index (χ0v) is 11.7. The fraction of sp³-hybridized carbons (Fsp3) is 0.267. The van der Waals surface area contributed by atoms with E-state index >= 15 is 0 Å². The van der Waals surface area contributed by atoms with Gasteiger partial charge in [-0.15, -0.1) is 11.6 Å². The van der Waals surface area contributed by atoms with Crippen molar-refractivity contribution in [2.75, 3.05) is 0 Å². The molecule has 1 heterocycles. The number of pyridine rings is 1. The smallest absolute Gasteiger partial charge is 0.219 e. The molecule has 2 rings (SSSR count). The van der Waals surface area contributed by atoms with Crippen molar-refractivity contribution >= 4 is 11.6 Å². The van der Waals surface area contributed by atoms with E-state index in [0.717, 1.165) is 17.7 Å².